The predicted molar refractivity (Wildman–Crippen MR) is 129 cm³/mol. The van der Waals surface area contributed by atoms with Gasteiger partial charge in [-0.25, -0.2) is 8.42 Å². The second-order valence-electron chi connectivity index (χ2n) is 9.25. The van der Waals surface area contributed by atoms with Crippen LogP contribution in [0, 0.1) is 11.3 Å². The molecule has 0 bridgehead atoms. The van der Waals surface area contributed by atoms with Gasteiger partial charge in [-0.15, -0.1) is 0 Å². The van der Waals surface area contributed by atoms with Gasteiger partial charge in [0.25, 0.3) is 0 Å². The van der Waals surface area contributed by atoms with Crippen LogP contribution in [-0.2, 0) is 20.6 Å². The molecule has 0 spiro atoms. The number of carbonyl (C=O) groups is 1. The molecule has 0 fully saturated rings. The lowest BCUT2D eigenvalue weighted by Gasteiger charge is -2.29. The molecule has 0 unspecified atom stereocenters. The van der Waals surface area contributed by atoms with E-state index < -0.39 is 15.4 Å². The van der Waals surface area contributed by atoms with Crippen molar-refractivity contribution in [3.63, 3.8) is 0 Å². The minimum Gasteiger partial charge on any atom is -0.497 e. The molecule has 2 aromatic rings. The van der Waals surface area contributed by atoms with Gasteiger partial charge in [0, 0.05) is 12.6 Å². The molecule has 180 valence electrons. The lowest BCUT2D eigenvalue weighted by Crippen LogP contribution is -2.43. The Bertz CT molecular complexity index is 1110. The number of methoxy groups -OCH3 is 2. The van der Waals surface area contributed by atoms with E-state index in [1.807, 2.05) is 27.7 Å². The lowest BCUT2D eigenvalue weighted by molar-refractivity contribution is -0.127. The molecule has 2 aromatic carbocycles. The highest BCUT2D eigenvalue weighted by Gasteiger charge is 2.38. The fraction of sp³-hybridized carbons (Fsp3) is 0.458. The van der Waals surface area contributed by atoms with Crippen LogP contribution in [0.5, 0.6) is 17.2 Å². The van der Waals surface area contributed by atoms with Gasteiger partial charge < -0.3 is 19.1 Å². The average molecular weight is 477 g/mol. The summed E-state index contributed by atoms with van der Waals surface area (Å²) in [5.74, 6) is 1.46. The number of nitrogens with one attached hydrogen (secondary N) is 1. The van der Waals surface area contributed by atoms with E-state index in [-0.39, 0.29) is 24.2 Å². The van der Waals surface area contributed by atoms with Gasteiger partial charge in [0.15, 0.2) is 0 Å². The van der Waals surface area contributed by atoms with E-state index in [2.05, 4.69) is 4.72 Å². The Kier molecular flexibility index (Phi) is 7.11. The van der Waals surface area contributed by atoms with Crippen LogP contribution in [0.15, 0.2) is 36.4 Å². The quantitative estimate of drug-likeness (QED) is 0.618. The monoisotopic (exact) mass is 476 g/mol. The van der Waals surface area contributed by atoms with Crippen LogP contribution in [-0.4, -0.2) is 41.7 Å². The Morgan fingerprint density at radius 1 is 1.09 bits per heavy atom. The van der Waals surface area contributed by atoms with Gasteiger partial charge in [0.05, 0.1) is 36.8 Å². The Morgan fingerprint density at radius 3 is 2.30 bits per heavy atom. The van der Waals surface area contributed by atoms with Crippen molar-refractivity contribution >= 4 is 27.3 Å². The van der Waals surface area contributed by atoms with E-state index in [0.717, 1.165) is 0 Å². The summed E-state index contributed by atoms with van der Waals surface area (Å²) in [6.45, 7) is 8.50. The van der Waals surface area contributed by atoms with Crippen molar-refractivity contribution in [2.24, 2.45) is 11.3 Å². The van der Waals surface area contributed by atoms with Crippen LogP contribution < -0.4 is 23.8 Å². The van der Waals surface area contributed by atoms with Crippen molar-refractivity contribution in [1.29, 1.82) is 0 Å². The van der Waals surface area contributed by atoms with Crippen molar-refractivity contribution in [2.45, 2.75) is 33.4 Å². The molecule has 1 amide bonds. The number of hydrogen-bond acceptors (Lipinski definition) is 6. The van der Waals surface area contributed by atoms with Gasteiger partial charge in [-0.05, 0) is 55.7 Å². The van der Waals surface area contributed by atoms with E-state index in [4.69, 9.17) is 14.2 Å². The maximum Gasteiger partial charge on any atom is 0.236 e. The number of anilines is 2. The Labute approximate surface area is 195 Å². The van der Waals surface area contributed by atoms with E-state index in [9.17, 15) is 13.2 Å². The molecular formula is C24H32N2O6S. The topological polar surface area (TPSA) is 94.2 Å². The van der Waals surface area contributed by atoms with Crippen LogP contribution in [0.3, 0.4) is 0 Å². The molecule has 1 N–H and O–H groups in total. The molecule has 9 heteroatoms. The molecule has 0 atom stereocenters. The lowest BCUT2D eigenvalue weighted by atomic mass is 9.92. The summed E-state index contributed by atoms with van der Waals surface area (Å²) in [4.78, 5) is 14.9. The van der Waals surface area contributed by atoms with Crippen molar-refractivity contribution < 1.29 is 27.4 Å². The molecule has 0 aliphatic carbocycles. The maximum atomic E-state index is 13.2. The van der Waals surface area contributed by atoms with Crippen molar-refractivity contribution in [2.75, 3.05) is 37.0 Å². The number of ether oxygens (including phenoxy) is 3. The third-order valence-electron chi connectivity index (χ3n) is 5.25. The number of benzene rings is 2. The molecule has 0 saturated carbocycles. The molecule has 33 heavy (non-hydrogen) atoms. The number of fused-ring (bicyclic) bond motifs is 1. The van der Waals surface area contributed by atoms with Gasteiger partial charge in [-0.1, -0.05) is 13.8 Å². The number of sulfonamides is 1. The first kappa shape index (κ1) is 24.7. The zero-order chi connectivity index (χ0) is 24.4. The Hall–Kier alpha value is -2.94. The number of amides is 1. The van der Waals surface area contributed by atoms with Gasteiger partial charge in [0.1, 0.15) is 23.9 Å². The first-order chi connectivity index (χ1) is 15.4. The molecular weight excluding hydrogens is 444 g/mol. The van der Waals surface area contributed by atoms with Gasteiger partial charge in [-0.2, -0.15) is 0 Å². The Balaban J connectivity index is 1.91. The molecule has 1 aliphatic heterocycles. The minimum atomic E-state index is -3.76. The average Bonchev–Trinajstić information content (AvgIpc) is 2.82. The molecule has 0 radical (unpaired) electrons. The summed E-state index contributed by atoms with van der Waals surface area (Å²) in [6, 6.07) is 9.97. The number of hydrogen-bond donors (Lipinski definition) is 1. The van der Waals surface area contributed by atoms with E-state index >= 15 is 0 Å². The fourth-order valence-electron chi connectivity index (χ4n) is 3.64. The highest BCUT2D eigenvalue weighted by molar-refractivity contribution is 7.91. The normalized spacial score (nSPS) is 15.5. The van der Waals surface area contributed by atoms with E-state index in [1.54, 1.807) is 41.3 Å². The second kappa shape index (κ2) is 9.51. The molecule has 0 aromatic heterocycles. The standard InChI is InChI=1S/C24H32N2O6S/c1-16(2)13-26-21-11-18(7-8-22(21)32-15-24(3,4)23(26)27)25-33(28,29)14-17-9-19(30-5)12-20(10-17)31-6/h7-12,16,25H,13-15H2,1-6H3. The first-order valence-electron chi connectivity index (χ1n) is 10.8. The largest absolute Gasteiger partial charge is 0.497 e. The van der Waals surface area contributed by atoms with Gasteiger partial charge in [0.2, 0.25) is 15.9 Å². The van der Waals surface area contributed by atoms with Crippen LogP contribution >= 0.6 is 0 Å². The summed E-state index contributed by atoms with van der Waals surface area (Å²) >= 11 is 0. The van der Waals surface area contributed by atoms with Crippen LogP contribution in [0.2, 0.25) is 0 Å². The highest BCUT2D eigenvalue weighted by Crippen LogP contribution is 2.39. The summed E-state index contributed by atoms with van der Waals surface area (Å²) in [5.41, 5.74) is 0.741. The summed E-state index contributed by atoms with van der Waals surface area (Å²) in [5, 5.41) is 0. The smallest absolute Gasteiger partial charge is 0.236 e. The van der Waals surface area contributed by atoms with Gasteiger partial charge >= 0.3 is 0 Å². The Morgan fingerprint density at radius 2 is 1.73 bits per heavy atom. The van der Waals surface area contributed by atoms with E-state index in [0.29, 0.717) is 40.7 Å². The third kappa shape index (κ3) is 5.90. The van der Waals surface area contributed by atoms with Crippen molar-refractivity contribution in [3.05, 3.63) is 42.0 Å². The zero-order valence-electron chi connectivity index (χ0n) is 20.0. The molecule has 1 heterocycles. The number of nitrogens with zero attached hydrogens (tertiary/aromatic N) is 1. The SMILES string of the molecule is COc1cc(CS(=O)(=O)Nc2ccc3c(c2)N(CC(C)C)C(=O)C(C)(C)CO3)cc(OC)c1. The van der Waals surface area contributed by atoms with Crippen LogP contribution in [0.25, 0.3) is 0 Å². The fourth-order valence-corrected chi connectivity index (χ4v) is 4.80. The van der Waals surface area contributed by atoms with Crippen molar-refractivity contribution in [1.82, 2.24) is 0 Å². The molecule has 8 nitrogen and oxygen atoms in total. The third-order valence-corrected chi connectivity index (χ3v) is 6.51. The molecule has 3 rings (SSSR count). The van der Waals surface area contributed by atoms with E-state index in [1.165, 1.54) is 14.2 Å². The number of rotatable bonds is 8. The molecule has 0 saturated heterocycles. The first-order valence-corrected chi connectivity index (χ1v) is 12.4. The van der Waals surface area contributed by atoms with Crippen molar-refractivity contribution in [3.8, 4) is 17.2 Å². The number of carbonyl (C=O) groups excluding carboxylic acids is 1. The second-order valence-corrected chi connectivity index (χ2v) is 11.0. The predicted octanol–water partition coefficient (Wildman–Crippen LogP) is 4.05. The summed E-state index contributed by atoms with van der Waals surface area (Å²) in [6.07, 6.45) is 0. The summed E-state index contributed by atoms with van der Waals surface area (Å²) in [7, 11) is -0.739. The minimum absolute atomic E-state index is 0.0570. The molecule has 1 aliphatic rings. The summed E-state index contributed by atoms with van der Waals surface area (Å²) < 4.78 is 44.8. The maximum absolute atomic E-state index is 13.2. The van der Waals surface area contributed by atoms with Gasteiger partial charge in [-0.3, -0.25) is 9.52 Å². The highest BCUT2D eigenvalue weighted by atomic mass is 32.2. The zero-order valence-corrected chi connectivity index (χ0v) is 20.8. The van der Waals surface area contributed by atoms with Crippen LogP contribution in [0.4, 0.5) is 11.4 Å². The van der Waals surface area contributed by atoms with Crippen LogP contribution in [0.1, 0.15) is 33.3 Å².